The molecular formula is C15H33N3O2S. The van der Waals surface area contributed by atoms with Gasteiger partial charge in [-0.15, -0.1) is 0 Å². The Kier molecular flexibility index (Phi) is 8.16. The summed E-state index contributed by atoms with van der Waals surface area (Å²) in [5, 5.41) is 3.32. The number of nitrogens with zero attached hydrogens (tertiary/aromatic N) is 2. The summed E-state index contributed by atoms with van der Waals surface area (Å²) in [5.74, 6) is 0.266. The average Bonchev–Trinajstić information content (AvgIpc) is 2.85. The Balaban J connectivity index is 2.32. The van der Waals surface area contributed by atoms with Gasteiger partial charge in [0.05, 0.1) is 5.75 Å². The first-order valence-electron chi connectivity index (χ1n) is 8.28. The van der Waals surface area contributed by atoms with E-state index in [2.05, 4.69) is 31.0 Å². The van der Waals surface area contributed by atoms with E-state index in [9.17, 15) is 8.42 Å². The molecule has 0 amide bonds. The zero-order valence-electron chi connectivity index (χ0n) is 14.1. The van der Waals surface area contributed by atoms with E-state index in [1.165, 1.54) is 6.42 Å². The second-order valence-electron chi connectivity index (χ2n) is 6.34. The molecule has 0 aromatic rings. The molecule has 1 unspecified atom stereocenters. The maximum Gasteiger partial charge on any atom is 0.213 e. The molecule has 0 bridgehead atoms. The average molecular weight is 320 g/mol. The molecule has 0 aromatic carbocycles. The number of unbranched alkanes of at least 4 members (excludes halogenated alkanes) is 1. The van der Waals surface area contributed by atoms with Gasteiger partial charge in [0.1, 0.15) is 0 Å². The van der Waals surface area contributed by atoms with Gasteiger partial charge in [0.2, 0.25) is 10.0 Å². The van der Waals surface area contributed by atoms with Gasteiger partial charge in [0, 0.05) is 25.7 Å². The van der Waals surface area contributed by atoms with Gasteiger partial charge in [-0.05, 0) is 45.3 Å². The van der Waals surface area contributed by atoms with Gasteiger partial charge in [0.15, 0.2) is 0 Å². The zero-order valence-corrected chi connectivity index (χ0v) is 15.0. The lowest BCUT2D eigenvalue weighted by atomic mass is 10.2. The monoisotopic (exact) mass is 319 g/mol. The van der Waals surface area contributed by atoms with Crippen LogP contribution in [0.5, 0.6) is 0 Å². The summed E-state index contributed by atoms with van der Waals surface area (Å²) in [6.45, 7) is 10.0. The number of likely N-dealkylation sites (tertiary alicyclic amines) is 1. The smallest absolute Gasteiger partial charge is 0.213 e. The van der Waals surface area contributed by atoms with Crippen molar-refractivity contribution in [3.8, 4) is 0 Å². The van der Waals surface area contributed by atoms with Crippen LogP contribution in [-0.2, 0) is 10.0 Å². The first-order chi connectivity index (χ1) is 9.86. The predicted molar refractivity (Wildman–Crippen MR) is 89.1 cm³/mol. The zero-order chi connectivity index (χ0) is 15.9. The van der Waals surface area contributed by atoms with E-state index >= 15 is 0 Å². The fourth-order valence-corrected chi connectivity index (χ4v) is 4.16. The van der Waals surface area contributed by atoms with Crippen LogP contribution < -0.4 is 5.32 Å². The summed E-state index contributed by atoms with van der Waals surface area (Å²) in [5.41, 5.74) is 0. The van der Waals surface area contributed by atoms with Crippen LogP contribution in [0.25, 0.3) is 0 Å². The predicted octanol–water partition coefficient (Wildman–Crippen LogP) is 1.51. The highest BCUT2D eigenvalue weighted by atomic mass is 32.2. The van der Waals surface area contributed by atoms with Crippen molar-refractivity contribution in [1.82, 2.24) is 14.5 Å². The molecule has 126 valence electrons. The first kappa shape index (κ1) is 18.9. The van der Waals surface area contributed by atoms with Crippen LogP contribution in [0.3, 0.4) is 0 Å². The Hall–Kier alpha value is -0.170. The van der Waals surface area contributed by atoms with E-state index in [0.29, 0.717) is 18.6 Å². The van der Waals surface area contributed by atoms with Gasteiger partial charge in [-0.25, -0.2) is 12.7 Å². The molecule has 0 aromatic heterocycles. The molecule has 1 N–H and O–H groups in total. The second-order valence-corrected chi connectivity index (χ2v) is 8.53. The van der Waals surface area contributed by atoms with Gasteiger partial charge in [-0.2, -0.15) is 0 Å². The third-order valence-electron chi connectivity index (χ3n) is 4.23. The maximum atomic E-state index is 12.3. The first-order valence-corrected chi connectivity index (χ1v) is 9.89. The van der Waals surface area contributed by atoms with Crippen molar-refractivity contribution in [2.75, 3.05) is 39.0 Å². The van der Waals surface area contributed by atoms with E-state index in [0.717, 1.165) is 38.9 Å². The molecule has 1 aliphatic heterocycles. The Morgan fingerprint density at radius 1 is 1.33 bits per heavy atom. The SMILES string of the molecule is CCN1CCCC1CN(C)S(=O)(=O)CCCCNC(C)C. The topological polar surface area (TPSA) is 52.7 Å². The lowest BCUT2D eigenvalue weighted by molar-refractivity contribution is 0.237. The van der Waals surface area contributed by atoms with Crippen molar-refractivity contribution < 1.29 is 8.42 Å². The molecule has 1 saturated heterocycles. The van der Waals surface area contributed by atoms with Gasteiger partial charge in [-0.1, -0.05) is 20.8 Å². The van der Waals surface area contributed by atoms with Gasteiger partial charge in [-0.3, -0.25) is 4.90 Å². The molecule has 6 heteroatoms. The molecule has 1 heterocycles. The lowest BCUT2D eigenvalue weighted by Gasteiger charge is -2.27. The minimum atomic E-state index is -3.10. The summed E-state index contributed by atoms with van der Waals surface area (Å²) in [4.78, 5) is 2.39. The molecule has 0 spiro atoms. The summed E-state index contributed by atoms with van der Waals surface area (Å²) in [7, 11) is -1.37. The molecule has 0 radical (unpaired) electrons. The standard InChI is InChI=1S/C15H33N3O2S/c1-5-18-11-8-9-15(18)13-17(4)21(19,20)12-7-6-10-16-14(2)3/h14-16H,5-13H2,1-4H3. The van der Waals surface area contributed by atoms with Crippen LogP contribution in [0.15, 0.2) is 0 Å². The maximum absolute atomic E-state index is 12.3. The van der Waals surface area contributed by atoms with Crippen molar-refractivity contribution in [3.63, 3.8) is 0 Å². The summed E-state index contributed by atoms with van der Waals surface area (Å²) >= 11 is 0. The van der Waals surface area contributed by atoms with Crippen LogP contribution in [-0.4, -0.2) is 68.7 Å². The van der Waals surface area contributed by atoms with Crippen LogP contribution in [0.4, 0.5) is 0 Å². The third kappa shape index (κ3) is 6.63. The second kappa shape index (κ2) is 9.08. The molecule has 0 aliphatic carbocycles. The molecule has 1 fully saturated rings. The quantitative estimate of drug-likeness (QED) is 0.620. The van der Waals surface area contributed by atoms with Gasteiger partial charge < -0.3 is 5.32 Å². The van der Waals surface area contributed by atoms with E-state index in [1.807, 2.05) is 0 Å². The summed E-state index contributed by atoms with van der Waals surface area (Å²) in [6.07, 6.45) is 3.95. The van der Waals surface area contributed by atoms with E-state index < -0.39 is 10.0 Å². The molecule has 5 nitrogen and oxygen atoms in total. The Labute approximate surface area is 131 Å². The fourth-order valence-electron chi connectivity index (χ4n) is 2.88. The Morgan fingerprint density at radius 2 is 2.05 bits per heavy atom. The molecule has 1 aliphatic rings. The van der Waals surface area contributed by atoms with Crippen LogP contribution in [0.1, 0.15) is 46.5 Å². The van der Waals surface area contributed by atoms with E-state index in [1.54, 1.807) is 11.4 Å². The molecule has 21 heavy (non-hydrogen) atoms. The third-order valence-corrected chi connectivity index (χ3v) is 6.13. The van der Waals surface area contributed by atoms with Crippen LogP contribution in [0, 0.1) is 0 Å². The molecule has 1 rings (SSSR count). The van der Waals surface area contributed by atoms with Crippen molar-refractivity contribution in [1.29, 1.82) is 0 Å². The summed E-state index contributed by atoms with van der Waals surface area (Å²) < 4.78 is 26.2. The minimum absolute atomic E-state index is 0.266. The van der Waals surface area contributed by atoms with Crippen LogP contribution in [0.2, 0.25) is 0 Å². The Morgan fingerprint density at radius 3 is 2.67 bits per heavy atom. The molecule has 0 saturated carbocycles. The number of likely N-dealkylation sites (N-methyl/N-ethyl adjacent to an activating group) is 2. The largest absolute Gasteiger partial charge is 0.315 e. The normalized spacial score (nSPS) is 20.8. The van der Waals surface area contributed by atoms with Crippen molar-refractivity contribution in [3.05, 3.63) is 0 Å². The number of hydrogen-bond acceptors (Lipinski definition) is 4. The highest BCUT2D eigenvalue weighted by molar-refractivity contribution is 7.89. The van der Waals surface area contributed by atoms with Gasteiger partial charge >= 0.3 is 0 Å². The molecule has 1 atom stereocenters. The van der Waals surface area contributed by atoms with E-state index in [4.69, 9.17) is 0 Å². The molecular weight excluding hydrogens is 286 g/mol. The van der Waals surface area contributed by atoms with Crippen LogP contribution >= 0.6 is 0 Å². The number of sulfonamides is 1. The van der Waals surface area contributed by atoms with E-state index in [-0.39, 0.29) is 5.75 Å². The van der Waals surface area contributed by atoms with Crippen molar-refractivity contribution in [2.24, 2.45) is 0 Å². The lowest BCUT2D eigenvalue weighted by Crippen LogP contribution is -2.41. The summed E-state index contributed by atoms with van der Waals surface area (Å²) in [6, 6.07) is 0.865. The number of hydrogen-bond donors (Lipinski definition) is 1. The van der Waals surface area contributed by atoms with Gasteiger partial charge in [0.25, 0.3) is 0 Å². The minimum Gasteiger partial charge on any atom is -0.315 e. The Bertz CT molecular complexity index is 384. The number of rotatable bonds is 10. The van der Waals surface area contributed by atoms with Crippen molar-refractivity contribution >= 4 is 10.0 Å². The highest BCUT2D eigenvalue weighted by Gasteiger charge is 2.27. The highest BCUT2D eigenvalue weighted by Crippen LogP contribution is 2.18. The van der Waals surface area contributed by atoms with Crippen molar-refractivity contribution in [2.45, 2.75) is 58.5 Å². The number of nitrogens with one attached hydrogen (secondary N) is 1. The fraction of sp³-hybridized carbons (Fsp3) is 1.00.